The van der Waals surface area contributed by atoms with Crippen LogP contribution >= 0.6 is 0 Å². The van der Waals surface area contributed by atoms with Gasteiger partial charge in [-0.15, -0.1) is 0 Å². The molecule has 1 aliphatic carbocycles. The lowest BCUT2D eigenvalue weighted by atomic mass is 9.96. The molecule has 7 aromatic rings. The van der Waals surface area contributed by atoms with Crippen LogP contribution in [0.5, 0.6) is 0 Å². The molecule has 0 spiro atoms. The van der Waals surface area contributed by atoms with Crippen LogP contribution in [0.4, 0.5) is 0 Å². The van der Waals surface area contributed by atoms with Crippen molar-refractivity contribution in [2.75, 3.05) is 0 Å². The molecule has 3 nitrogen and oxygen atoms in total. The minimum absolute atomic E-state index is 0.711. The number of aryl methyl sites for hydroxylation is 1. The standard InChI is InChI=1S/C38H25N3/c1-24-20-21-39-23-34(24)25-14-16-27(17-15-25)38-40-35(26-8-3-2-4-9-26)22-36(41-38)30-18-19-33-29-11-6-5-10-28(29)31-12-7-13-32(30)37(31)33/h2-23H,1H3. The number of nitrogens with zero attached hydrogens (tertiary/aromatic N) is 3. The van der Waals surface area contributed by atoms with Gasteiger partial charge < -0.3 is 0 Å². The highest BCUT2D eigenvalue weighted by molar-refractivity contribution is 6.18. The second-order valence-corrected chi connectivity index (χ2v) is 10.5. The van der Waals surface area contributed by atoms with Gasteiger partial charge in [-0.1, -0.05) is 109 Å². The van der Waals surface area contributed by atoms with Crippen LogP contribution in [-0.4, -0.2) is 15.0 Å². The van der Waals surface area contributed by atoms with E-state index in [1.807, 2.05) is 24.5 Å². The molecule has 0 fully saturated rings. The van der Waals surface area contributed by atoms with E-state index in [9.17, 15) is 0 Å². The highest BCUT2D eigenvalue weighted by Gasteiger charge is 2.23. The van der Waals surface area contributed by atoms with E-state index < -0.39 is 0 Å². The molecule has 1 aliphatic rings. The molecule has 0 saturated carbocycles. The molecule has 0 unspecified atom stereocenters. The van der Waals surface area contributed by atoms with E-state index in [2.05, 4.69) is 121 Å². The number of rotatable bonds is 4. The van der Waals surface area contributed by atoms with Gasteiger partial charge in [0.25, 0.3) is 0 Å². The Morgan fingerprint density at radius 1 is 0.463 bits per heavy atom. The zero-order valence-corrected chi connectivity index (χ0v) is 22.5. The van der Waals surface area contributed by atoms with Crippen molar-refractivity contribution >= 4 is 10.8 Å². The second-order valence-electron chi connectivity index (χ2n) is 10.5. The Balaban J connectivity index is 1.31. The first-order valence-electron chi connectivity index (χ1n) is 13.9. The second kappa shape index (κ2) is 9.35. The summed E-state index contributed by atoms with van der Waals surface area (Å²) in [6.07, 6.45) is 3.75. The third-order valence-electron chi connectivity index (χ3n) is 8.11. The van der Waals surface area contributed by atoms with Crippen LogP contribution in [0.3, 0.4) is 0 Å². The molecular weight excluding hydrogens is 498 g/mol. The molecular formula is C38H25N3. The zero-order valence-electron chi connectivity index (χ0n) is 22.5. The first-order chi connectivity index (χ1) is 20.2. The van der Waals surface area contributed by atoms with Crippen LogP contribution in [0.25, 0.3) is 78.1 Å². The van der Waals surface area contributed by atoms with Gasteiger partial charge in [-0.3, -0.25) is 4.98 Å². The number of hydrogen-bond donors (Lipinski definition) is 0. The predicted octanol–water partition coefficient (Wildman–Crippen LogP) is 9.65. The maximum atomic E-state index is 5.17. The molecule has 0 radical (unpaired) electrons. The van der Waals surface area contributed by atoms with E-state index in [-0.39, 0.29) is 0 Å². The van der Waals surface area contributed by atoms with E-state index in [1.54, 1.807) is 0 Å². The predicted molar refractivity (Wildman–Crippen MR) is 168 cm³/mol. The number of fused-ring (bicyclic) bond motifs is 3. The zero-order chi connectivity index (χ0) is 27.3. The number of aromatic nitrogens is 3. The van der Waals surface area contributed by atoms with Crippen molar-refractivity contribution in [3.63, 3.8) is 0 Å². The van der Waals surface area contributed by atoms with Crippen molar-refractivity contribution in [2.45, 2.75) is 6.92 Å². The minimum Gasteiger partial charge on any atom is -0.264 e. The lowest BCUT2D eigenvalue weighted by molar-refractivity contribution is 1.18. The summed E-state index contributed by atoms with van der Waals surface area (Å²) >= 11 is 0. The topological polar surface area (TPSA) is 38.7 Å². The van der Waals surface area contributed by atoms with Crippen LogP contribution in [0.2, 0.25) is 0 Å². The molecule has 2 heterocycles. The Kier molecular flexibility index (Phi) is 5.36. The quantitative estimate of drug-likeness (QED) is 0.230. The van der Waals surface area contributed by atoms with Crippen molar-refractivity contribution in [2.24, 2.45) is 0 Å². The molecule has 0 atom stereocenters. The third-order valence-corrected chi connectivity index (χ3v) is 8.11. The van der Waals surface area contributed by atoms with Crippen LogP contribution in [0.15, 0.2) is 134 Å². The summed E-state index contributed by atoms with van der Waals surface area (Å²) in [6, 6.07) is 42.8. The molecule has 0 aliphatic heterocycles. The Morgan fingerprint density at radius 2 is 1.12 bits per heavy atom. The molecule has 0 N–H and O–H groups in total. The van der Waals surface area contributed by atoms with Crippen molar-refractivity contribution in [3.05, 3.63) is 139 Å². The van der Waals surface area contributed by atoms with Gasteiger partial charge in [0.15, 0.2) is 5.82 Å². The Labute approximate surface area is 238 Å². The molecule has 41 heavy (non-hydrogen) atoms. The molecule has 192 valence electrons. The molecule has 5 aromatic carbocycles. The minimum atomic E-state index is 0.711. The lowest BCUT2D eigenvalue weighted by Crippen LogP contribution is -1.96. The highest BCUT2D eigenvalue weighted by Crippen LogP contribution is 2.49. The Bertz CT molecular complexity index is 2070. The normalized spacial score (nSPS) is 11.5. The summed E-state index contributed by atoms with van der Waals surface area (Å²) in [5.74, 6) is 0.711. The first-order valence-corrected chi connectivity index (χ1v) is 13.9. The van der Waals surface area contributed by atoms with E-state index >= 15 is 0 Å². The van der Waals surface area contributed by atoms with Crippen LogP contribution in [0, 0.1) is 6.92 Å². The highest BCUT2D eigenvalue weighted by atomic mass is 14.9. The summed E-state index contributed by atoms with van der Waals surface area (Å²) in [7, 11) is 0. The third kappa shape index (κ3) is 3.86. The van der Waals surface area contributed by atoms with Crippen LogP contribution < -0.4 is 0 Å². The van der Waals surface area contributed by atoms with E-state index in [0.717, 1.165) is 39.2 Å². The molecule has 0 saturated heterocycles. The monoisotopic (exact) mass is 523 g/mol. The number of hydrogen-bond acceptors (Lipinski definition) is 3. The fourth-order valence-corrected chi connectivity index (χ4v) is 6.07. The van der Waals surface area contributed by atoms with Gasteiger partial charge in [0.1, 0.15) is 0 Å². The largest absolute Gasteiger partial charge is 0.264 e. The summed E-state index contributed by atoms with van der Waals surface area (Å²) in [6.45, 7) is 2.11. The average molecular weight is 524 g/mol. The number of benzene rings is 5. The molecule has 2 aromatic heterocycles. The van der Waals surface area contributed by atoms with E-state index in [1.165, 1.54) is 38.6 Å². The van der Waals surface area contributed by atoms with Gasteiger partial charge in [-0.2, -0.15) is 0 Å². The number of pyridine rings is 1. The Hall–Kier alpha value is -5.41. The van der Waals surface area contributed by atoms with Crippen molar-refractivity contribution < 1.29 is 0 Å². The summed E-state index contributed by atoms with van der Waals surface area (Å²) in [5.41, 5.74) is 13.6. The van der Waals surface area contributed by atoms with Gasteiger partial charge >= 0.3 is 0 Å². The maximum absolute atomic E-state index is 5.17. The smallest absolute Gasteiger partial charge is 0.160 e. The van der Waals surface area contributed by atoms with Gasteiger partial charge in [-0.25, -0.2) is 9.97 Å². The molecule has 3 heteroatoms. The van der Waals surface area contributed by atoms with Crippen molar-refractivity contribution in [3.8, 4) is 67.3 Å². The maximum Gasteiger partial charge on any atom is 0.160 e. The fourth-order valence-electron chi connectivity index (χ4n) is 6.07. The van der Waals surface area contributed by atoms with Gasteiger partial charge in [0, 0.05) is 34.6 Å². The van der Waals surface area contributed by atoms with Crippen molar-refractivity contribution in [1.82, 2.24) is 15.0 Å². The van der Waals surface area contributed by atoms with E-state index in [0.29, 0.717) is 5.82 Å². The summed E-state index contributed by atoms with van der Waals surface area (Å²) in [5, 5.41) is 2.51. The average Bonchev–Trinajstić information content (AvgIpc) is 3.37. The molecule has 0 bridgehead atoms. The summed E-state index contributed by atoms with van der Waals surface area (Å²) < 4.78 is 0. The lowest BCUT2D eigenvalue weighted by Gasteiger charge is -2.13. The van der Waals surface area contributed by atoms with Gasteiger partial charge in [0.05, 0.1) is 11.4 Å². The molecule has 8 rings (SSSR count). The molecule has 0 amide bonds. The van der Waals surface area contributed by atoms with Crippen LogP contribution in [0.1, 0.15) is 5.56 Å². The first kappa shape index (κ1) is 23.5. The van der Waals surface area contributed by atoms with Gasteiger partial charge in [0.2, 0.25) is 0 Å². The van der Waals surface area contributed by atoms with Gasteiger partial charge in [-0.05, 0) is 63.2 Å². The van der Waals surface area contributed by atoms with Crippen molar-refractivity contribution in [1.29, 1.82) is 0 Å². The fraction of sp³-hybridized carbons (Fsp3) is 0.0263. The van der Waals surface area contributed by atoms with Crippen LogP contribution in [-0.2, 0) is 0 Å². The SMILES string of the molecule is Cc1ccncc1-c1ccc(-c2nc(-c3ccccc3)cc(-c3ccc4c5c(cccc35)-c3ccccc3-4)n2)cc1. The van der Waals surface area contributed by atoms with E-state index in [4.69, 9.17) is 9.97 Å². The summed E-state index contributed by atoms with van der Waals surface area (Å²) in [4.78, 5) is 14.6. The Morgan fingerprint density at radius 3 is 1.90 bits per heavy atom.